The minimum atomic E-state index is -0.200. The summed E-state index contributed by atoms with van der Waals surface area (Å²) in [5, 5.41) is 10.7. The summed E-state index contributed by atoms with van der Waals surface area (Å²) in [7, 11) is 0. The van der Waals surface area contributed by atoms with Crippen LogP contribution in [0.15, 0.2) is 52.6 Å². The highest BCUT2D eigenvalue weighted by molar-refractivity contribution is 7.12. The van der Waals surface area contributed by atoms with Gasteiger partial charge in [0.25, 0.3) is 5.91 Å². The quantitative estimate of drug-likeness (QED) is 0.545. The number of thiophene rings is 1. The molecule has 1 fully saturated rings. The maximum atomic E-state index is 12.9. The topological polar surface area (TPSA) is 86.8 Å². The summed E-state index contributed by atoms with van der Waals surface area (Å²) in [6.45, 7) is 1.43. The number of piperidine rings is 1. The lowest BCUT2D eigenvalue weighted by Crippen LogP contribution is -2.39. The molecule has 0 atom stereocenters. The zero-order valence-electron chi connectivity index (χ0n) is 15.8. The van der Waals surface area contributed by atoms with Gasteiger partial charge in [0, 0.05) is 30.4 Å². The van der Waals surface area contributed by atoms with Crippen molar-refractivity contribution >= 4 is 28.1 Å². The number of rotatable bonds is 4. The Labute approximate surface area is 171 Å². The normalized spacial score (nSPS) is 15.2. The Morgan fingerprint density at radius 3 is 2.76 bits per heavy atom. The molecular formula is C21H21N5O2S. The zero-order chi connectivity index (χ0) is 19.8. The first-order valence-electron chi connectivity index (χ1n) is 9.76. The maximum absolute atomic E-state index is 12.9. The summed E-state index contributed by atoms with van der Waals surface area (Å²) in [6, 6.07) is 13.7. The number of H-pyrrole nitrogens is 2. The molecule has 0 bridgehead atoms. The third-order valence-electron chi connectivity index (χ3n) is 5.60. The summed E-state index contributed by atoms with van der Waals surface area (Å²) in [5.74, 6) is 1.21. The van der Waals surface area contributed by atoms with E-state index in [1.807, 2.05) is 52.7 Å². The summed E-state index contributed by atoms with van der Waals surface area (Å²) in [6.07, 6.45) is 2.53. The van der Waals surface area contributed by atoms with E-state index in [0.29, 0.717) is 24.7 Å². The SMILES string of the molecule is O=C(c1cc2ccccc2[nH]1)N1CCC(Cc2n[nH]c(=O)n2-c2cccs2)CC1. The first kappa shape index (κ1) is 17.9. The second kappa shape index (κ2) is 7.36. The predicted molar refractivity (Wildman–Crippen MR) is 113 cm³/mol. The van der Waals surface area contributed by atoms with Crippen LogP contribution in [-0.4, -0.2) is 43.6 Å². The van der Waals surface area contributed by atoms with Gasteiger partial charge in [0.15, 0.2) is 0 Å². The molecule has 1 aromatic carbocycles. The number of carbonyl (C=O) groups excluding carboxylic acids is 1. The molecule has 7 nitrogen and oxygen atoms in total. The van der Waals surface area contributed by atoms with Crippen LogP contribution < -0.4 is 5.69 Å². The summed E-state index contributed by atoms with van der Waals surface area (Å²) >= 11 is 1.52. The van der Waals surface area contributed by atoms with Crippen molar-refractivity contribution in [3.8, 4) is 5.00 Å². The Balaban J connectivity index is 1.25. The molecule has 4 heterocycles. The largest absolute Gasteiger partial charge is 0.351 e. The van der Waals surface area contributed by atoms with Crippen LogP contribution >= 0.6 is 11.3 Å². The van der Waals surface area contributed by atoms with Crippen molar-refractivity contribution in [2.75, 3.05) is 13.1 Å². The number of carbonyl (C=O) groups is 1. The minimum Gasteiger partial charge on any atom is -0.351 e. The number of likely N-dealkylation sites (tertiary alicyclic amines) is 1. The molecule has 0 radical (unpaired) electrons. The molecule has 0 spiro atoms. The van der Waals surface area contributed by atoms with Crippen LogP contribution in [0, 0.1) is 5.92 Å². The second-order valence-corrected chi connectivity index (χ2v) is 8.37. The van der Waals surface area contributed by atoms with Crippen LogP contribution in [0.25, 0.3) is 15.9 Å². The average Bonchev–Trinajstić information content (AvgIpc) is 3.48. The fourth-order valence-corrected chi connectivity index (χ4v) is 4.80. The zero-order valence-corrected chi connectivity index (χ0v) is 16.6. The van der Waals surface area contributed by atoms with E-state index < -0.39 is 0 Å². The highest BCUT2D eigenvalue weighted by atomic mass is 32.1. The molecule has 1 amide bonds. The van der Waals surface area contributed by atoms with Gasteiger partial charge in [-0.05, 0) is 48.4 Å². The van der Waals surface area contributed by atoms with Gasteiger partial charge in [0.1, 0.15) is 16.5 Å². The summed E-state index contributed by atoms with van der Waals surface area (Å²) in [5.41, 5.74) is 1.42. The maximum Gasteiger partial charge on any atom is 0.348 e. The van der Waals surface area contributed by atoms with Crippen LogP contribution in [0.2, 0.25) is 0 Å². The van der Waals surface area contributed by atoms with Crippen LogP contribution in [0.1, 0.15) is 29.2 Å². The van der Waals surface area contributed by atoms with E-state index in [1.54, 1.807) is 4.57 Å². The molecule has 3 aromatic heterocycles. The van der Waals surface area contributed by atoms with Crippen molar-refractivity contribution in [1.82, 2.24) is 24.6 Å². The van der Waals surface area contributed by atoms with Gasteiger partial charge in [-0.3, -0.25) is 4.79 Å². The number of aromatic nitrogens is 4. The number of hydrogen-bond acceptors (Lipinski definition) is 4. The Bertz CT molecular complexity index is 1160. The number of para-hydroxylation sites is 1. The van der Waals surface area contributed by atoms with E-state index in [-0.39, 0.29) is 11.6 Å². The van der Waals surface area contributed by atoms with Gasteiger partial charge in [-0.25, -0.2) is 14.5 Å². The van der Waals surface area contributed by atoms with Crippen molar-refractivity contribution < 1.29 is 4.79 Å². The molecule has 5 rings (SSSR count). The molecule has 1 aliphatic rings. The number of amides is 1. The van der Waals surface area contributed by atoms with Crippen LogP contribution in [-0.2, 0) is 6.42 Å². The molecule has 2 N–H and O–H groups in total. The van der Waals surface area contributed by atoms with Gasteiger partial charge >= 0.3 is 5.69 Å². The first-order chi connectivity index (χ1) is 14.2. The molecule has 8 heteroatoms. The number of fused-ring (bicyclic) bond motifs is 1. The van der Waals surface area contributed by atoms with Gasteiger partial charge in [-0.15, -0.1) is 11.3 Å². The monoisotopic (exact) mass is 407 g/mol. The van der Waals surface area contributed by atoms with Crippen molar-refractivity contribution in [2.45, 2.75) is 19.3 Å². The molecule has 1 saturated heterocycles. The number of hydrogen-bond donors (Lipinski definition) is 2. The smallest absolute Gasteiger partial charge is 0.348 e. The van der Waals surface area contributed by atoms with Gasteiger partial charge in [-0.2, -0.15) is 5.10 Å². The lowest BCUT2D eigenvalue weighted by molar-refractivity contribution is 0.0684. The van der Waals surface area contributed by atoms with E-state index in [9.17, 15) is 9.59 Å². The minimum absolute atomic E-state index is 0.0508. The molecule has 0 unspecified atom stereocenters. The lowest BCUT2D eigenvalue weighted by Gasteiger charge is -2.31. The third kappa shape index (κ3) is 3.40. The Morgan fingerprint density at radius 1 is 1.17 bits per heavy atom. The fourth-order valence-electron chi connectivity index (χ4n) is 4.05. The highest BCUT2D eigenvalue weighted by Gasteiger charge is 2.26. The van der Waals surface area contributed by atoms with E-state index in [1.165, 1.54) is 11.3 Å². The molecular weight excluding hydrogens is 386 g/mol. The van der Waals surface area contributed by atoms with Crippen molar-refractivity contribution in [1.29, 1.82) is 0 Å². The van der Waals surface area contributed by atoms with Crippen LogP contribution in [0.3, 0.4) is 0 Å². The third-order valence-corrected chi connectivity index (χ3v) is 6.46. The molecule has 0 saturated carbocycles. The van der Waals surface area contributed by atoms with Gasteiger partial charge in [0.05, 0.1) is 0 Å². The summed E-state index contributed by atoms with van der Waals surface area (Å²) < 4.78 is 1.66. The Kier molecular flexibility index (Phi) is 4.55. The molecule has 4 aromatic rings. The molecule has 29 heavy (non-hydrogen) atoms. The van der Waals surface area contributed by atoms with E-state index in [4.69, 9.17) is 0 Å². The number of benzene rings is 1. The van der Waals surface area contributed by atoms with Crippen molar-refractivity contribution in [3.63, 3.8) is 0 Å². The number of aromatic amines is 2. The second-order valence-electron chi connectivity index (χ2n) is 7.44. The lowest BCUT2D eigenvalue weighted by atomic mass is 9.93. The Hall–Kier alpha value is -3.13. The number of nitrogens with one attached hydrogen (secondary N) is 2. The van der Waals surface area contributed by atoms with Gasteiger partial charge < -0.3 is 9.88 Å². The number of nitrogens with zero attached hydrogens (tertiary/aromatic N) is 3. The Morgan fingerprint density at radius 2 is 2.00 bits per heavy atom. The summed E-state index contributed by atoms with van der Waals surface area (Å²) in [4.78, 5) is 30.2. The van der Waals surface area contributed by atoms with Gasteiger partial charge in [-0.1, -0.05) is 18.2 Å². The van der Waals surface area contributed by atoms with E-state index >= 15 is 0 Å². The molecule has 0 aliphatic carbocycles. The highest BCUT2D eigenvalue weighted by Crippen LogP contribution is 2.24. The molecule has 1 aliphatic heterocycles. The van der Waals surface area contributed by atoms with Crippen LogP contribution in [0.5, 0.6) is 0 Å². The van der Waals surface area contributed by atoms with Crippen LogP contribution in [0.4, 0.5) is 0 Å². The van der Waals surface area contributed by atoms with E-state index in [0.717, 1.165) is 41.0 Å². The first-order valence-corrected chi connectivity index (χ1v) is 10.6. The molecule has 148 valence electrons. The van der Waals surface area contributed by atoms with Crippen molar-refractivity contribution in [3.05, 3.63) is 69.8 Å². The average molecular weight is 407 g/mol. The van der Waals surface area contributed by atoms with E-state index in [2.05, 4.69) is 15.2 Å². The standard InChI is InChI=1S/C21H21N5O2S/c27-20(17-13-15-4-1-2-5-16(15)22-17)25-9-7-14(8-10-25)12-18-23-24-21(28)26(18)19-6-3-11-29-19/h1-6,11,13-14,22H,7-10,12H2,(H,24,28). The van der Waals surface area contributed by atoms with Crippen molar-refractivity contribution in [2.24, 2.45) is 5.92 Å². The predicted octanol–water partition coefficient (Wildman–Crippen LogP) is 3.20. The fraction of sp³-hybridized carbons (Fsp3) is 0.286. The van der Waals surface area contributed by atoms with Gasteiger partial charge in [0.2, 0.25) is 0 Å².